The van der Waals surface area contributed by atoms with Gasteiger partial charge in [0.15, 0.2) is 0 Å². The van der Waals surface area contributed by atoms with Gasteiger partial charge >= 0.3 is 0 Å². The van der Waals surface area contributed by atoms with Crippen molar-refractivity contribution in [3.63, 3.8) is 0 Å². The van der Waals surface area contributed by atoms with Crippen LogP contribution in [0.25, 0.3) is 10.9 Å². The topological polar surface area (TPSA) is 42.6 Å². The first-order chi connectivity index (χ1) is 17.0. The third-order valence-corrected chi connectivity index (χ3v) is 9.43. The Kier molecular flexibility index (Phi) is 7.71. The molecule has 2 aromatic rings. The van der Waals surface area contributed by atoms with Crippen molar-refractivity contribution in [3.8, 4) is 0 Å². The van der Waals surface area contributed by atoms with Gasteiger partial charge in [-0.1, -0.05) is 64.4 Å². The van der Waals surface area contributed by atoms with E-state index in [9.17, 15) is 4.79 Å². The van der Waals surface area contributed by atoms with Crippen LogP contribution in [0.5, 0.6) is 0 Å². The fourth-order valence-corrected chi connectivity index (χ4v) is 7.11. The van der Waals surface area contributed by atoms with Gasteiger partial charge in [-0.2, -0.15) is 0 Å². The predicted octanol–water partition coefficient (Wildman–Crippen LogP) is 6.06. The van der Waals surface area contributed by atoms with Crippen LogP contribution < -0.4 is 4.90 Å². The third kappa shape index (κ3) is 5.55. The third-order valence-electron chi connectivity index (χ3n) is 9.43. The number of rotatable bonds is 7. The van der Waals surface area contributed by atoms with Crippen molar-refractivity contribution >= 4 is 22.5 Å². The Balaban J connectivity index is 1.25. The number of hydrogen-bond acceptors (Lipinski definition) is 3. The van der Waals surface area contributed by atoms with Crippen LogP contribution in [-0.4, -0.2) is 66.5 Å². The number of piperazine rings is 1. The smallest absolute Gasteiger partial charge is 0.228 e. The van der Waals surface area contributed by atoms with Crippen LogP contribution in [0, 0.1) is 11.3 Å². The molecule has 5 heteroatoms. The normalized spacial score (nSPS) is 22.9. The summed E-state index contributed by atoms with van der Waals surface area (Å²) in [6.45, 7) is 7.51. The lowest BCUT2D eigenvalue weighted by Gasteiger charge is -2.43. The molecule has 2 saturated carbocycles. The molecule has 3 fully saturated rings. The molecule has 0 bridgehead atoms. The van der Waals surface area contributed by atoms with Crippen LogP contribution in [0.2, 0.25) is 0 Å². The number of anilines is 1. The number of nitrogens with zero attached hydrogens (tertiary/aromatic N) is 3. The highest BCUT2D eigenvalue weighted by atomic mass is 16.2. The highest BCUT2D eigenvalue weighted by Gasteiger charge is 2.39. The van der Waals surface area contributed by atoms with Crippen molar-refractivity contribution in [2.24, 2.45) is 11.3 Å². The number of carbonyl (C=O) groups is 1. The second-order valence-electron chi connectivity index (χ2n) is 11.9. The molecule has 3 aliphatic rings. The average molecular weight is 479 g/mol. The summed E-state index contributed by atoms with van der Waals surface area (Å²) < 4.78 is 0. The van der Waals surface area contributed by atoms with E-state index < -0.39 is 0 Å². The van der Waals surface area contributed by atoms with Gasteiger partial charge in [0.1, 0.15) is 0 Å². The van der Waals surface area contributed by atoms with Gasteiger partial charge in [-0.05, 0) is 43.4 Å². The molecule has 0 radical (unpaired) electrons. The van der Waals surface area contributed by atoms with Gasteiger partial charge in [-0.15, -0.1) is 0 Å². The molecule has 2 aliphatic carbocycles. The quantitative estimate of drug-likeness (QED) is 0.526. The molecule has 1 aromatic carbocycles. The van der Waals surface area contributed by atoms with E-state index in [2.05, 4.69) is 57.9 Å². The lowest BCUT2D eigenvalue weighted by molar-refractivity contribution is -0.144. The van der Waals surface area contributed by atoms with Crippen molar-refractivity contribution in [1.29, 1.82) is 0 Å². The lowest BCUT2D eigenvalue weighted by Crippen LogP contribution is -2.54. The van der Waals surface area contributed by atoms with E-state index >= 15 is 0 Å². The second kappa shape index (κ2) is 10.9. The molecule has 1 aromatic heterocycles. The van der Waals surface area contributed by atoms with Gasteiger partial charge in [0.25, 0.3) is 0 Å². The first-order valence-corrected chi connectivity index (χ1v) is 14.3. The first kappa shape index (κ1) is 24.7. The number of benzene rings is 1. The summed E-state index contributed by atoms with van der Waals surface area (Å²) in [5.74, 6) is 1.20. The number of fused-ring (bicyclic) bond motifs is 1. The maximum absolute atomic E-state index is 13.8. The minimum absolute atomic E-state index is 0.147. The Morgan fingerprint density at radius 3 is 2.49 bits per heavy atom. The Labute approximate surface area is 212 Å². The van der Waals surface area contributed by atoms with Crippen LogP contribution in [0.3, 0.4) is 0 Å². The van der Waals surface area contributed by atoms with Crippen molar-refractivity contribution in [2.75, 3.05) is 44.7 Å². The number of nitrogens with one attached hydrogen (secondary N) is 1. The molecular formula is C30H46N4O. The van der Waals surface area contributed by atoms with Crippen LogP contribution in [0.15, 0.2) is 30.5 Å². The second-order valence-corrected chi connectivity index (χ2v) is 11.9. The van der Waals surface area contributed by atoms with E-state index in [1.165, 1.54) is 74.4 Å². The van der Waals surface area contributed by atoms with Crippen LogP contribution in [0.1, 0.15) is 77.6 Å². The number of carbonyl (C=O) groups excluding carboxylic acids is 1. The SMILES string of the molecule is CN(C(=O)C1(C)CCCCC1)[C@H](CC1CCCCC1)CN1CCN(c2cccc3[nH]ccc23)CC1. The zero-order valence-electron chi connectivity index (χ0n) is 22.1. The molecular weight excluding hydrogens is 432 g/mol. The molecule has 1 N–H and O–H groups in total. The van der Waals surface area contributed by atoms with Crippen LogP contribution >= 0.6 is 0 Å². The summed E-state index contributed by atoms with van der Waals surface area (Å²) in [7, 11) is 2.12. The van der Waals surface area contributed by atoms with E-state index in [1.807, 2.05) is 6.20 Å². The molecule has 2 heterocycles. The monoisotopic (exact) mass is 478 g/mol. The Morgan fingerprint density at radius 2 is 1.74 bits per heavy atom. The number of aromatic amines is 1. The summed E-state index contributed by atoms with van der Waals surface area (Å²) >= 11 is 0. The highest BCUT2D eigenvalue weighted by Crippen LogP contribution is 2.38. The molecule has 5 nitrogen and oxygen atoms in total. The zero-order chi connectivity index (χ0) is 24.3. The minimum Gasteiger partial charge on any atom is -0.368 e. The molecule has 1 aliphatic heterocycles. The average Bonchev–Trinajstić information content (AvgIpc) is 3.38. The summed E-state index contributed by atoms with van der Waals surface area (Å²) in [6.07, 6.45) is 15.9. The number of aromatic nitrogens is 1. The fraction of sp³-hybridized carbons (Fsp3) is 0.700. The van der Waals surface area contributed by atoms with Gasteiger partial charge in [-0.3, -0.25) is 9.69 Å². The maximum atomic E-state index is 13.8. The molecule has 1 saturated heterocycles. The van der Waals surface area contributed by atoms with Gasteiger partial charge < -0.3 is 14.8 Å². The van der Waals surface area contributed by atoms with E-state index in [1.54, 1.807) is 0 Å². The minimum atomic E-state index is -0.147. The highest BCUT2D eigenvalue weighted by molar-refractivity contribution is 5.92. The molecule has 1 amide bonds. The summed E-state index contributed by atoms with van der Waals surface area (Å²) in [5.41, 5.74) is 2.42. The summed E-state index contributed by atoms with van der Waals surface area (Å²) in [6, 6.07) is 9.11. The van der Waals surface area contributed by atoms with E-state index in [-0.39, 0.29) is 5.41 Å². The Hall–Kier alpha value is -2.01. The van der Waals surface area contributed by atoms with E-state index in [0.29, 0.717) is 11.9 Å². The van der Waals surface area contributed by atoms with Crippen molar-refractivity contribution in [1.82, 2.24) is 14.8 Å². The van der Waals surface area contributed by atoms with Crippen molar-refractivity contribution in [2.45, 2.75) is 83.6 Å². The van der Waals surface area contributed by atoms with E-state index in [4.69, 9.17) is 0 Å². The Morgan fingerprint density at radius 1 is 1.03 bits per heavy atom. The molecule has 5 rings (SSSR count). The van der Waals surface area contributed by atoms with Gasteiger partial charge in [-0.25, -0.2) is 0 Å². The molecule has 192 valence electrons. The maximum Gasteiger partial charge on any atom is 0.228 e. The zero-order valence-corrected chi connectivity index (χ0v) is 22.1. The molecule has 1 atom stereocenters. The molecule has 0 unspecified atom stereocenters. The van der Waals surface area contributed by atoms with Crippen molar-refractivity contribution < 1.29 is 4.79 Å². The Bertz CT molecular complexity index is 964. The first-order valence-electron chi connectivity index (χ1n) is 14.3. The summed E-state index contributed by atoms with van der Waals surface area (Å²) in [4.78, 5) is 24.5. The van der Waals surface area contributed by atoms with Gasteiger partial charge in [0.2, 0.25) is 5.91 Å². The predicted molar refractivity (Wildman–Crippen MR) is 146 cm³/mol. The van der Waals surface area contributed by atoms with Crippen LogP contribution in [-0.2, 0) is 4.79 Å². The molecule has 35 heavy (non-hydrogen) atoms. The lowest BCUT2D eigenvalue weighted by atomic mass is 9.74. The summed E-state index contributed by atoms with van der Waals surface area (Å²) in [5, 5.41) is 1.32. The van der Waals surface area contributed by atoms with Gasteiger partial charge in [0, 0.05) is 74.0 Å². The van der Waals surface area contributed by atoms with Crippen LogP contribution in [0.4, 0.5) is 5.69 Å². The largest absolute Gasteiger partial charge is 0.368 e. The van der Waals surface area contributed by atoms with Crippen molar-refractivity contribution in [3.05, 3.63) is 30.5 Å². The number of likely N-dealkylation sites (N-methyl/N-ethyl adjacent to an activating group) is 1. The fourth-order valence-electron chi connectivity index (χ4n) is 7.11. The van der Waals surface area contributed by atoms with E-state index in [0.717, 1.165) is 51.5 Å². The number of amides is 1. The number of H-pyrrole nitrogens is 1. The number of hydrogen-bond donors (Lipinski definition) is 1. The molecule has 0 spiro atoms. The standard InChI is InChI=1S/C30H46N4O/c1-30(15-7-4-8-16-30)29(35)32(2)25(22-24-10-5-3-6-11-24)23-33-18-20-34(21-19-33)28-13-9-12-27-26(28)14-17-31-27/h9,12-14,17,24-25,31H,3-8,10-11,15-16,18-23H2,1-2H3/t25-/m1/s1. The van der Waals surface area contributed by atoms with Gasteiger partial charge in [0.05, 0.1) is 0 Å².